The van der Waals surface area contributed by atoms with Crippen LogP contribution in [0, 0.1) is 5.92 Å². The molecule has 1 unspecified atom stereocenters. The van der Waals surface area contributed by atoms with Crippen LogP contribution in [0.2, 0.25) is 0 Å². The minimum absolute atomic E-state index is 0.252. The van der Waals surface area contributed by atoms with Crippen molar-refractivity contribution < 1.29 is 14.3 Å². The maximum Gasteiger partial charge on any atom is 0.324 e. The van der Waals surface area contributed by atoms with E-state index in [0.29, 0.717) is 6.54 Å². The molecule has 0 saturated carbocycles. The molecule has 100 valence electrons. The Morgan fingerprint density at radius 2 is 2.32 bits per heavy atom. The lowest BCUT2D eigenvalue weighted by Gasteiger charge is -2.14. The monoisotopic (exact) mass is 324 g/mol. The minimum atomic E-state index is -0.910. The summed E-state index contributed by atoms with van der Waals surface area (Å²) in [4.78, 5) is 23.5. The lowest BCUT2D eigenvalue weighted by atomic mass is 10.1. The molecule has 1 aliphatic rings. The first-order chi connectivity index (χ1) is 9.11. The molecule has 6 heteroatoms. The number of hydrogen-bond acceptors (Lipinski definition) is 4. The highest BCUT2D eigenvalue weighted by Gasteiger charge is 2.35. The van der Waals surface area contributed by atoms with Crippen molar-refractivity contribution in [3.05, 3.63) is 34.3 Å². The molecule has 5 nitrogen and oxygen atoms in total. The number of amides is 1. The summed E-state index contributed by atoms with van der Waals surface area (Å²) in [5, 5.41) is 5.25. The minimum Gasteiger partial charge on any atom is -0.465 e. The summed E-state index contributed by atoms with van der Waals surface area (Å²) in [6.07, 6.45) is 1.33. The van der Waals surface area contributed by atoms with E-state index in [0.717, 1.165) is 10.0 Å². The van der Waals surface area contributed by atoms with Gasteiger partial charge in [-0.1, -0.05) is 28.1 Å². The Balaban J connectivity index is 2.03. The fourth-order valence-corrected chi connectivity index (χ4v) is 2.20. The molecule has 0 saturated heterocycles. The van der Waals surface area contributed by atoms with Crippen LogP contribution < -0.4 is 0 Å². The second-order valence-electron chi connectivity index (χ2n) is 4.02. The third kappa shape index (κ3) is 3.20. The van der Waals surface area contributed by atoms with Crippen LogP contribution in [-0.2, 0) is 20.9 Å². The fourth-order valence-electron chi connectivity index (χ4n) is 1.75. The summed E-state index contributed by atoms with van der Waals surface area (Å²) >= 11 is 3.37. The van der Waals surface area contributed by atoms with Gasteiger partial charge in [0.2, 0.25) is 0 Å². The van der Waals surface area contributed by atoms with E-state index in [1.165, 1.54) is 11.2 Å². The number of hydrazone groups is 1. The molecule has 0 radical (unpaired) electrons. The predicted octanol–water partition coefficient (Wildman–Crippen LogP) is 1.96. The van der Waals surface area contributed by atoms with Crippen LogP contribution in [-0.4, -0.2) is 29.7 Å². The third-order valence-corrected chi connectivity index (χ3v) is 3.13. The van der Waals surface area contributed by atoms with Crippen molar-refractivity contribution in [3.8, 4) is 0 Å². The third-order valence-electron chi connectivity index (χ3n) is 2.64. The van der Waals surface area contributed by atoms with Gasteiger partial charge in [-0.2, -0.15) is 5.10 Å². The molecule has 0 N–H and O–H groups in total. The summed E-state index contributed by atoms with van der Waals surface area (Å²) in [6, 6.07) is 7.58. The number of carbonyl (C=O) groups is 2. The molecule has 19 heavy (non-hydrogen) atoms. The summed E-state index contributed by atoms with van der Waals surface area (Å²) in [5.41, 5.74) is 0.935. The molecule has 0 bridgehead atoms. The van der Waals surface area contributed by atoms with Crippen LogP contribution in [0.4, 0.5) is 0 Å². The van der Waals surface area contributed by atoms with E-state index in [2.05, 4.69) is 21.0 Å². The first-order valence-electron chi connectivity index (χ1n) is 5.88. The molecule has 2 rings (SSSR count). The van der Waals surface area contributed by atoms with Gasteiger partial charge in [-0.25, -0.2) is 5.01 Å². The second kappa shape index (κ2) is 5.97. The highest BCUT2D eigenvalue weighted by atomic mass is 79.9. The number of hydrogen-bond donors (Lipinski definition) is 0. The Hall–Kier alpha value is -1.69. The first-order valence-corrected chi connectivity index (χ1v) is 6.67. The number of carbonyl (C=O) groups excluding carboxylic acids is 2. The number of rotatable bonds is 4. The van der Waals surface area contributed by atoms with Crippen LogP contribution in [0.15, 0.2) is 33.8 Å². The van der Waals surface area contributed by atoms with Crippen molar-refractivity contribution in [3.63, 3.8) is 0 Å². The summed E-state index contributed by atoms with van der Waals surface area (Å²) in [5.74, 6) is -1.81. The molecule has 0 aliphatic carbocycles. The second-order valence-corrected chi connectivity index (χ2v) is 4.94. The quantitative estimate of drug-likeness (QED) is 0.628. The van der Waals surface area contributed by atoms with E-state index < -0.39 is 11.9 Å². The van der Waals surface area contributed by atoms with E-state index in [1.54, 1.807) is 6.92 Å². The Bertz CT molecular complexity index is 530. The zero-order chi connectivity index (χ0) is 13.8. The van der Waals surface area contributed by atoms with Gasteiger partial charge in [-0.3, -0.25) is 9.59 Å². The van der Waals surface area contributed by atoms with Crippen molar-refractivity contribution in [2.75, 3.05) is 6.61 Å². The van der Waals surface area contributed by atoms with Crippen LogP contribution in [0.3, 0.4) is 0 Å². The fraction of sp³-hybridized carbons (Fsp3) is 0.308. The topological polar surface area (TPSA) is 59.0 Å². The van der Waals surface area contributed by atoms with Gasteiger partial charge < -0.3 is 4.74 Å². The largest absolute Gasteiger partial charge is 0.465 e. The van der Waals surface area contributed by atoms with Gasteiger partial charge in [-0.15, -0.1) is 0 Å². The number of benzene rings is 1. The molecule has 0 aromatic heterocycles. The van der Waals surface area contributed by atoms with Gasteiger partial charge in [0, 0.05) is 10.7 Å². The Morgan fingerprint density at radius 3 is 3.00 bits per heavy atom. The highest BCUT2D eigenvalue weighted by molar-refractivity contribution is 9.10. The van der Waals surface area contributed by atoms with Crippen molar-refractivity contribution in [2.45, 2.75) is 13.5 Å². The summed E-state index contributed by atoms with van der Waals surface area (Å²) in [7, 11) is 0. The van der Waals surface area contributed by atoms with E-state index in [9.17, 15) is 9.59 Å². The van der Waals surface area contributed by atoms with Crippen LogP contribution in [0.5, 0.6) is 0 Å². The maximum absolute atomic E-state index is 12.0. The van der Waals surface area contributed by atoms with Gasteiger partial charge in [-0.05, 0) is 24.6 Å². The molecule has 1 aromatic rings. The molecular formula is C13H13BrN2O3. The maximum atomic E-state index is 12.0. The molecule has 1 atom stereocenters. The van der Waals surface area contributed by atoms with Gasteiger partial charge in [0.1, 0.15) is 0 Å². The number of halogens is 1. The summed E-state index contributed by atoms with van der Waals surface area (Å²) in [6.45, 7) is 2.29. The molecule has 1 amide bonds. The van der Waals surface area contributed by atoms with E-state index in [4.69, 9.17) is 4.74 Å². The van der Waals surface area contributed by atoms with Gasteiger partial charge in [0.05, 0.1) is 13.2 Å². The van der Waals surface area contributed by atoms with Crippen molar-refractivity contribution in [1.29, 1.82) is 0 Å². The average Bonchev–Trinajstić information content (AvgIpc) is 2.71. The number of nitrogens with zero attached hydrogens (tertiary/aromatic N) is 2. The molecule has 1 aliphatic heterocycles. The Morgan fingerprint density at radius 1 is 1.53 bits per heavy atom. The van der Waals surface area contributed by atoms with Crippen LogP contribution in [0.1, 0.15) is 12.5 Å². The van der Waals surface area contributed by atoms with E-state index in [-0.39, 0.29) is 12.5 Å². The normalized spacial score (nSPS) is 17.9. The van der Waals surface area contributed by atoms with Gasteiger partial charge in [0.15, 0.2) is 5.92 Å². The molecular weight excluding hydrogens is 312 g/mol. The first kappa shape index (κ1) is 13.7. The van der Waals surface area contributed by atoms with Crippen molar-refractivity contribution in [2.24, 2.45) is 11.0 Å². The Kier molecular flexibility index (Phi) is 4.31. The number of ether oxygens (including phenoxy) is 1. The lowest BCUT2D eigenvalue weighted by molar-refractivity contribution is -0.151. The van der Waals surface area contributed by atoms with E-state index >= 15 is 0 Å². The van der Waals surface area contributed by atoms with Crippen LogP contribution in [0.25, 0.3) is 0 Å². The van der Waals surface area contributed by atoms with Crippen molar-refractivity contribution in [1.82, 2.24) is 5.01 Å². The molecule has 1 aromatic carbocycles. The Labute approximate surface area is 119 Å². The van der Waals surface area contributed by atoms with Gasteiger partial charge >= 0.3 is 5.97 Å². The predicted molar refractivity (Wildman–Crippen MR) is 73.3 cm³/mol. The van der Waals surface area contributed by atoms with Crippen LogP contribution >= 0.6 is 15.9 Å². The zero-order valence-corrected chi connectivity index (χ0v) is 12.0. The number of esters is 1. The highest BCUT2D eigenvalue weighted by Crippen LogP contribution is 2.18. The summed E-state index contributed by atoms with van der Waals surface area (Å²) < 4.78 is 5.76. The van der Waals surface area contributed by atoms with Gasteiger partial charge in [0.25, 0.3) is 5.91 Å². The standard InChI is InChI=1S/C13H13BrN2O3/c1-2-19-13(18)11-7-15-16(12(11)17)8-9-4-3-5-10(14)6-9/h3-7,11H,2,8H2,1H3. The lowest BCUT2D eigenvalue weighted by Crippen LogP contribution is -2.31. The zero-order valence-electron chi connectivity index (χ0n) is 10.4. The average molecular weight is 325 g/mol. The smallest absolute Gasteiger partial charge is 0.324 e. The van der Waals surface area contributed by atoms with Crippen molar-refractivity contribution >= 4 is 34.0 Å². The molecule has 0 spiro atoms. The SMILES string of the molecule is CCOC(=O)C1C=NN(Cc2cccc(Br)c2)C1=O. The molecule has 1 heterocycles. The van der Waals surface area contributed by atoms with E-state index in [1.807, 2.05) is 24.3 Å². The molecule has 0 fully saturated rings.